The zero-order valence-electron chi connectivity index (χ0n) is 13.9. The zero-order valence-corrected chi connectivity index (χ0v) is 13.9. The molecule has 3 aromatic rings. The highest BCUT2D eigenvalue weighted by Crippen LogP contribution is 2.21. The standard InChI is InChI=1S/C19H20N6/c1-3-11-20-17-23-18(21-12-4-2)25-19(24-17)22-16-10-9-14-7-5-6-8-15(14)13-16/h3-10,13H,1-2,11-12H2,(H3,20,21,22,23,24,25). The van der Waals surface area contributed by atoms with Crippen LogP contribution in [0.2, 0.25) is 0 Å². The van der Waals surface area contributed by atoms with Gasteiger partial charge in [0.2, 0.25) is 17.8 Å². The SMILES string of the molecule is C=CCNc1nc(NCC=C)nc(Nc2ccc3ccccc3c2)n1. The van der Waals surface area contributed by atoms with Crippen LogP contribution in [0.25, 0.3) is 10.8 Å². The molecule has 0 amide bonds. The van der Waals surface area contributed by atoms with Gasteiger partial charge in [-0.05, 0) is 22.9 Å². The van der Waals surface area contributed by atoms with Crippen molar-refractivity contribution in [2.24, 2.45) is 0 Å². The van der Waals surface area contributed by atoms with E-state index in [-0.39, 0.29) is 0 Å². The molecule has 0 saturated carbocycles. The van der Waals surface area contributed by atoms with E-state index in [1.165, 1.54) is 5.39 Å². The minimum atomic E-state index is 0.461. The van der Waals surface area contributed by atoms with E-state index in [4.69, 9.17) is 0 Å². The van der Waals surface area contributed by atoms with Gasteiger partial charge in [-0.15, -0.1) is 13.2 Å². The molecule has 0 bridgehead atoms. The lowest BCUT2D eigenvalue weighted by molar-refractivity contribution is 1.03. The lowest BCUT2D eigenvalue weighted by Crippen LogP contribution is -2.11. The van der Waals surface area contributed by atoms with Crippen molar-refractivity contribution in [1.82, 2.24) is 15.0 Å². The third kappa shape index (κ3) is 4.32. The van der Waals surface area contributed by atoms with Crippen molar-refractivity contribution >= 4 is 34.3 Å². The van der Waals surface area contributed by atoms with Crippen LogP contribution in [0.1, 0.15) is 0 Å². The molecule has 3 rings (SSSR count). The van der Waals surface area contributed by atoms with E-state index in [9.17, 15) is 0 Å². The number of nitrogens with zero attached hydrogens (tertiary/aromatic N) is 3. The summed E-state index contributed by atoms with van der Waals surface area (Å²) in [5, 5.41) is 11.7. The van der Waals surface area contributed by atoms with Crippen LogP contribution in [0.4, 0.5) is 23.5 Å². The largest absolute Gasteiger partial charge is 0.351 e. The van der Waals surface area contributed by atoms with Gasteiger partial charge in [-0.1, -0.05) is 42.5 Å². The molecule has 0 spiro atoms. The van der Waals surface area contributed by atoms with Crippen molar-refractivity contribution in [3.05, 3.63) is 67.8 Å². The number of rotatable bonds is 8. The van der Waals surface area contributed by atoms with E-state index in [0.29, 0.717) is 30.9 Å². The Kier molecular flexibility index (Phi) is 5.21. The Morgan fingerprint density at radius 3 is 2.00 bits per heavy atom. The first-order valence-electron chi connectivity index (χ1n) is 8.00. The predicted molar refractivity (Wildman–Crippen MR) is 104 cm³/mol. The molecule has 0 fully saturated rings. The van der Waals surface area contributed by atoms with E-state index in [1.54, 1.807) is 12.2 Å². The highest BCUT2D eigenvalue weighted by atomic mass is 15.3. The monoisotopic (exact) mass is 332 g/mol. The molecule has 0 unspecified atom stereocenters. The van der Waals surface area contributed by atoms with Crippen molar-refractivity contribution in [1.29, 1.82) is 0 Å². The fourth-order valence-electron chi connectivity index (χ4n) is 2.31. The Bertz CT molecular complexity index is 860. The number of anilines is 4. The third-order valence-electron chi connectivity index (χ3n) is 3.45. The molecule has 0 atom stereocenters. The minimum Gasteiger partial charge on any atom is -0.351 e. The highest BCUT2D eigenvalue weighted by Gasteiger charge is 2.06. The first-order chi connectivity index (χ1) is 12.3. The fraction of sp³-hybridized carbons (Fsp3) is 0.105. The average molecular weight is 332 g/mol. The van der Waals surface area contributed by atoms with Gasteiger partial charge in [0.25, 0.3) is 0 Å². The highest BCUT2D eigenvalue weighted by molar-refractivity contribution is 5.86. The first-order valence-corrected chi connectivity index (χ1v) is 8.00. The Morgan fingerprint density at radius 2 is 1.36 bits per heavy atom. The van der Waals surface area contributed by atoms with Crippen LogP contribution in [0.3, 0.4) is 0 Å². The molecule has 0 aliphatic rings. The second kappa shape index (κ2) is 7.92. The third-order valence-corrected chi connectivity index (χ3v) is 3.45. The van der Waals surface area contributed by atoms with Crippen LogP contribution in [0.15, 0.2) is 67.8 Å². The first kappa shape index (κ1) is 16.4. The van der Waals surface area contributed by atoms with Crippen LogP contribution >= 0.6 is 0 Å². The number of hydrogen-bond donors (Lipinski definition) is 3. The van der Waals surface area contributed by atoms with Crippen LogP contribution in [-0.2, 0) is 0 Å². The summed E-state index contributed by atoms with van der Waals surface area (Å²) in [6.07, 6.45) is 3.49. The lowest BCUT2D eigenvalue weighted by Gasteiger charge is -2.10. The Morgan fingerprint density at radius 1 is 0.760 bits per heavy atom. The second-order valence-electron chi connectivity index (χ2n) is 5.33. The second-order valence-corrected chi connectivity index (χ2v) is 5.33. The summed E-state index contributed by atoms with van der Waals surface area (Å²) in [6.45, 7) is 8.52. The van der Waals surface area contributed by atoms with E-state index in [0.717, 1.165) is 11.1 Å². The zero-order chi connectivity index (χ0) is 17.5. The fourth-order valence-corrected chi connectivity index (χ4v) is 2.31. The summed E-state index contributed by atoms with van der Waals surface area (Å²) >= 11 is 0. The quantitative estimate of drug-likeness (QED) is 0.542. The maximum atomic E-state index is 4.40. The van der Waals surface area contributed by atoms with Gasteiger partial charge in [0.15, 0.2) is 0 Å². The Hall–Kier alpha value is -3.41. The van der Waals surface area contributed by atoms with E-state index in [2.05, 4.69) is 68.3 Å². The van der Waals surface area contributed by atoms with E-state index < -0.39 is 0 Å². The smallest absolute Gasteiger partial charge is 0.233 e. The maximum absolute atomic E-state index is 4.40. The molecular weight excluding hydrogens is 312 g/mol. The van der Waals surface area contributed by atoms with Crippen molar-refractivity contribution in [2.75, 3.05) is 29.0 Å². The molecule has 25 heavy (non-hydrogen) atoms. The Balaban J connectivity index is 1.87. The normalized spacial score (nSPS) is 10.2. The molecule has 0 radical (unpaired) electrons. The van der Waals surface area contributed by atoms with Crippen LogP contribution in [-0.4, -0.2) is 28.0 Å². The van der Waals surface area contributed by atoms with Gasteiger partial charge >= 0.3 is 0 Å². The van der Waals surface area contributed by atoms with Crippen molar-refractivity contribution in [3.8, 4) is 0 Å². The van der Waals surface area contributed by atoms with Crippen molar-refractivity contribution < 1.29 is 0 Å². The number of nitrogens with one attached hydrogen (secondary N) is 3. The number of hydrogen-bond acceptors (Lipinski definition) is 6. The minimum absolute atomic E-state index is 0.461. The van der Waals surface area contributed by atoms with Crippen LogP contribution in [0, 0.1) is 0 Å². The molecule has 2 aromatic carbocycles. The van der Waals surface area contributed by atoms with Gasteiger partial charge in [-0.3, -0.25) is 0 Å². The molecule has 0 aliphatic heterocycles. The topological polar surface area (TPSA) is 74.8 Å². The van der Waals surface area contributed by atoms with Gasteiger partial charge in [0.1, 0.15) is 0 Å². The summed E-state index contributed by atoms with van der Waals surface area (Å²) < 4.78 is 0. The number of fused-ring (bicyclic) bond motifs is 1. The summed E-state index contributed by atoms with van der Waals surface area (Å²) in [5.74, 6) is 1.41. The number of aromatic nitrogens is 3. The maximum Gasteiger partial charge on any atom is 0.233 e. The molecule has 1 aromatic heterocycles. The molecular formula is C19H20N6. The predicted octanol–water partition coefficient (Wildman–Crippen LogP) is 3.96. The van der Waals surface area contributed by atoms with Gasteiger partial charge in [-0.2, -0.15) is 15.0 Å². The number of benzene rings is 2. The summed E-state index contributed by atoms with van der Waals surface area (Å²) in [4.78, 5) is 13.1. The van der Waals surface area contributed by atoms with E-state index >= 15 is 0 Å². The molecule has 6 nitrogen and oxygen atoms in total. The lowest BCUT2D eigenvalue weighted by atomic mass is 10.1. The molecule has 126 valence electrons. The summed E-state index contributed by atoms with van der Waals surface area (Å²) in [6, 6.07) is 14.3. The van der Waals surface area contributed by atoms with Gasteiger partial charge < -0.3 is 16.0 Å². The summed E-state index contributed by atoms with van der Waals surface area (Å²) in [7, 11) is 0. The van der Waals surface area contributed by atoms with Crippen LogP contribution in [0.5, 0.6) is 0 Å². The molecule has 0 aliphatic carbocycles. The average Bonchev–Trinajstić information content (AvgIpc) is 2.64. The molecule has 0 saturated heterocycles. The van der Waals surface area contributed by atoms with Gasteiger partial charge in [0, 0.05) is 18.8 Å². The van der Waals surface area contributed by atoms with E-state index in [1.807, 2.05) is 18.2 Å². The Labute approximate surface area is 146 Å². The van der Waals surface area contributed by atoms with Gasteiger partial charge in [-0.25, -0.2) is 0 Å². The molecule has 6 heteroatoms. The molecule has 1 heterocycles. The molecule has 3 N–H and O–H groups in total. The van der Waals surface area contributed by atoms with Crippen molar-refractivity contribution in [3.63, 3.8) is 0 Å². The summed E-state index contributed by atoms with van der Waals surface area (Å²) in [5.41, 5.74) is 0.911. The van der Waals surface area contributed by atoms with Gasteiger partial charge in [0.05, 0.1) is 0 Å². The van der Waals surface area contributed by atoms with Crippen molar-refractivity contribution in [2.45, 2.75) is 0 Å². The van der Waals surface area contributed by atoms with Crippen LogP contribution < -0.4 is 16.0 Å².